The lowest BCUT2D eigenvalue weighted by atomic mass is 10.2. The van der Waals surface area contributed by atoms with E-state index in [1.54, 1.807) is 4.90 Å². The van der Waals surface area contributed by atoms with Gasteiger partial charge in [-0.15, -0.1) is 0 Å². The first-order valence-electron chi connectivity index (χ1n) is 7.61. The van der Waals surface area contributed by atoms with Crippen LogP contribution in [-0.4, -0.2) is 74.9 Å². The number of hydrogen-bond donors (Lipinski definition) is 0. The van der Waals surface area contributed by atoms with E-state index < -0.39 is 19.9 Å². The monoisotopic (exact) mass is 352 g/mol. The molecule has 128 valence electrons. The summed E-state index contributed by atoms with van der Waals surface area (Å²) in [6.07, 6.45) is 3.43. The number of carbonyl (C=O) groups excluding carboxylic acids is 1. The quantitative estimate of drug-likeness (QED) is 0.635. The summed E-state index contributed by atoms with van der Waals surface area (Å²) >= 11 is 0. The lowest BCUT2D eigenvalue weighted by Crippen LogP contribution is -2.43. The molecule has 0 aromatic rings. The first-order valence-corrected chi connectivity index (χ1v) is 11.3. The Hall–Kier alpha value is -0.670. The van der Waals surface area contributed by atoms with Gasteiger partial charge in [0, 0.05) is 31.6 Å². The van der Waals surface area contributed by atoms with Crippen LogP contribution >= 0.6 is 0 Å². The number of amides is 1. The third kappa shape index (κ3) is 4.42. The van der Waals surface area contributed by atoms with Gasteiger partial charge >= 0.3 is 0 Å². The highest BCUT2D eigenvalue weighted by atomic mass is 32.2. The van der Waals surface area contributed by atoms with Crippen molar-refractivity contribution >= 4 is 25.8 Å². The van der Waals surface area contributed by atoms with Gasteiger partial charge in [0.15, 0.2) is 9.84 Å². The molecule has 1 atom stereocenters. The summed E-state index contributed by atoms with van der Waals surface area (Å²) in [6, 6.07) is -0.236. The summed E-state index contributed by atoms with van der Waals surface area (Å²) in [7, 11) is -6.34. The molecule has 1 saturated carbocycles. The maximum Gasteiger partial charge on any atom is 0.224 e. The second kappa shape index (κ2) is 6.45. The normalized spacial score (nSPS) is 24.6. The summed E-state index contributed by atoms with van der Waals surface area (Å²) in [5, 5.41) is 0. The zero-order chi connectivity index (χ0) is 16.5. The minimum absolute atomic E-state index is 0.0188. The molecule has 1 heterocycles. The Kier molecular flexibility index (Phi) is 5.18. The average molecular weight is 352 g/mol. The summed E-state index contributed by atoms with van der Waals surface area (Å²) in [5.41, 5.74) is 0. The van der Waals surface area contributed by atoms with Gasteiger partial charge in [0.2, 0.25) is 15.9 Å². The lowest BCUT2D eigenvalue weighted by molar-refractivity contribution is -0.132. The lowest BCUT2D eigenvalue weighted by Gasteiger charge is -2.28. The third-order valence-electron chi connectivity index (χ3n) is 4.24. The Morgan fingerprint density at radius 2 is 1.82 bits per heavy atom. The molecule has 7 nitrogen and oxygen atoms in total. The van der Waals surface area contributed by atoms with E-state index in [9.17, 15) is 21.6 Å². The van der Waals surface area contributed by atoms with Gasteiger partial charge < -0.3 is 4.90 Å². The van der Waals surface area contributed by atoms with Gasteiger partial charge in [0.1, 0.15) is 0 Å². The fraction of sp³-hybridized carbons (Fsp3) is 0.923. The molecule has 9 heteroatoms. The van der Waals surface area contributed by atoms with Gasteiger partial charge in [-0.3, -0.25) is 4.79 Å². The van der Waals surface area contributed by atoms with Crippen LogP contribution in [0.25, 0.3) is 0 Å². The number of sulfone groups is 1. The minimum atomic E-state index is -3.30. The Balaban J connectivity index is 1.95. The van der Waals surface area contributed by atoms with E-state index in [0.29, 0.717) is 13.0 Å². The molecule has 1 amide bonds. The van der Waals surface area contributed by atoms with Crippen molar-refractivity contribution in [3.63, 3.8) is 0 Å². The maximum atomic E-state index is 12.4. The molecule has 0 aromatic heterocycles. The molecule has 2 aliphatic rings. The Labute approximate surface area is 132 Å². The van der Waals surface area contributed by atoms with Crippen LogP contribution < -0.4 is 0 Å². The van der Waals surface area contributed by atoms with Crippen LogP contribution in [0.15, 0.2) is 0 Å². The fourth-order valence-corrected chi connectivity index (χ4v) is 5.90. The molecule has 1 aliphatic carbocycles. The Morgan fingerprint density at radius 3 is 2.23 bits per heavy atom. The van der Waals surface area contributed by atoms with Crippen LogP contribution in [-0.2, 0) is 24.7 Å². The SMILES string of the molecule is CCN(C(=O)CCN(C1CC1)S(C)(=O)=O)C1CCS(=O)(=O)C1. The number of rotatable bonds is 7. The van der Waals surface area contributed by atoms with Gasteiger partial charge in [-0.1, -0.05) is 0 Å². The van der Waals surface area contributed by atoms with Crippen molar-refractivity contribution in [2.24, 2.45) is 0 Å². The molecular weight excluding hydrogens is 328 g/mol. The van der Waals surface area contributed by atoms with Crippen LogP contribution in [0.2, 0.25) is 0 Å². The van der Waals surface area contributed by atoms with Crippen molar-refractivity contribution in [3.05, 3.63) is 0 Å². The van der Waals surface area contributed by atoms with Crippen molar-refractivity contribution < 1.29 is 21.6 Å². The van der Waals surface area contributed by atoms with E-state index in [-0.39, 0.29) is 42.5 Å². The molecule has 2 fully saturated rings. The summed E-state index contributed by atoms with van der Waals surface area (Å²) < 4.78 is 48.0. The molecule has 1 aliphatic heterocycles. The minimum Gasteiger partial charge on any atom is -0.339 e. The molecule has 0 N–H and O–H groups in total. The molecule has 1 unspecified atom stereocenters. The van der Waals surface area contributed by atoms with Gasteiger partial charge in [0.25, 0.3) is 0 Å². The smallest absolute Gasteiger partial charge is 0.224 e. The average Bonchev–Trinajstić information content (AvgIpc) is 3.13. The summed E-state index contributed by atoms with van der Waals surface area (Å²) in [5.74, 6) is -0.0248. The molecular formula is C13H24N2O5S2. The predicted octanol–water partition coefficient (Wildman–Crippen LogP) is -0.164. The molecule has 1 saturated heterocycles. The predicted molar refractivity (Wildman–Crippen MR) is 83.6 cm³/mol. The van der Waals surface area contributed by atoms with E-state index in [4.69, 9.17) is 0 Å². The summed E-state index contributed by atoms with van der Waals surface area (Å²) in [6.45, 7) is 2.44. The maximum absolute atomic E-state index is 12.4. The highest BCUT2D eigenvalue weighted by Crippen LogP contribution is 2.29. The van der Waals surface area contributed by atoms with Crippen LogP contribution in [0.3, 0.4) is 0 Å². The number of nitrogens with zero attached hydrogens (tertiary/aromatic N) is 2. The first kappa shape index (κ1) is 17.7. The van der Waals surface area contributed by atoms with Crippen molar-refractivity contribution in [2.75, 3.05) is 30.9 Å². The number of carbonyl (C=O) groups is 1. The Bertz CT molecular complexity index is 625. The van der Waals surface area contributed by atoms with E-state index >= 15 is 0 Å². The van der Waals surface area contributed by atoms with Crippen LogP contribution in [0, 0.1) is 0 Å². The van der Waals surface area contributed by atoms with Gasteiger partial charge in [0.05, 0.1) is 17.8 Å². The zero-order valence-corrected chi connectivity index (χ0v) is 14.7. The second-order valence-corrected chi connectivity index (χ2v) is 10.3. The number of hydrogen-bond acceptors (Lipinski definition) is 5. The highest BCUT2D eigenvalue weighted by Gasteiger charge is 2.37. The zero-order valence-electron chi connectivity index (χ0n) is 13.1. The van der Waals surface area contributed by atoms with Gasteiger partial charge in [-0.25, -0.2) is 16.8 Å². The highest BCUT2D eigenvalue weighted by molar-refractivity contribution is 7.91. The van der Waals surface area contributed by atoms with Crippen molar-refractivity contribution in [1.82, 2.24) is 9.21 Å². The van der Waals surface area contributed by atoms with Gasteiger partial charge in [-0.05, 0) is 26.2 Å². The van der Waals surface area contributed by atoms with Crippen LogP contribution in [0.1, 0.15) is 32.6 Å². The van der Waals surface area contributed by atoms with Crippen molar-refractivity contribution in [3.8, 4) is 0 Å². The standard InChI is InChI=1S/C13H24N2O5S2/c1-3-14(12-7-9-22(19,20)10-12)13(16)6-8-15(11-4-5-11)21(2,17)18/h11-12H,3-10H2,1-2H3. The first-order chi connectivity index (χ1) is 10.1. The Morgan fingerprint density at radius 1 is 1.18 bits per heavy atom. The van der Waals surface area contributed by atoms with Crippen molar-refractivity contribution in [1.29, 1.82) is 0 Å². The van der Waals surface area contributed by atoms with E-state index in [1.165, 1.54) is 4.31 Å². The largest absolute Gasteiger partial charge is 0.339 e. The van der Waals surface area contributed by atoms with Crippen LogP contribution in [0.5, 0.6) is 0 Å². The van der Waals surface area contributed by atoms with E-state index in [1.807, 2.05) is 6.92 Å². The number of sulfonamides is 1. The third-order valence-corrected chi connectivity index (χ3v) is 7.32. The van der Waals surface area contributed by atoms with Crippen LogP contribution in [0.4, 0.5) is 0 Å². The fourth-order valence-electron chi connectivity index (χ4n) is 2.99. The van der Waals surface area contributed by atoms with E-state index in [0.717, 1.165) is 19.1 Å². The molecule has 22 heavy (non-hydrogen) atoms. The second-order valence-electron chi connectivity index (χ2n) is 6.09. The molecule has 0 radical (unpaired) electrons. The summed E-state index contributed by atoms with van der Waals surface area (Å²) in [4.78, 5) is 13.9. The molecule has 0 spiro atoms. The molecule has 2 rings (SSSR count). The topological polar surface area (TPSA) is 91.8 Å². The van der Waals surface area contributed by atoms with Crippen molar-refractivity contribution in [2.45, 2.75) is 44.7 Å². The molecule has 0 bridgehead atoms. The van der Waals surface area contributed by atoms with Gasteiger partial charge in [-0.2, -0.15) is 4.31 Å². The molecule has 0 aromatic carbocycles. The van der Waals surface area contributed by atoms with E-state index in [2.05, 4.69) is 0 Å².